The van der Waals surface area contributed by atoms with E-state index in [-0.39, 0.29) is 17.1 Å². The van der Waals surface area contributed by atoms with Gasteiger partial charge in [0.25, 0.3) is 0 Å². The monoisotopic (exact) mass is 334 g/mol. The second kappa shape index (κ2) is 5.39. The van der Waals surface area contributed by atoms with Crippen LogP contribution < -0.4 is 10.4 Å². The number of benzene rings is 1. The van der Waals surface area contributed by atoms with Crippen LogP contribution in [0.2, 0.25) is 0 Å². The number of hydrogen-bond acceptors (Lipinski definition) is 3. The van der Waals surface area contributed by atoms with Crippen LogP contribution in [0.5, 0.6) is 0 Å². The lowest BCUT2D eigenvalue weighted by Crippen LogP contribution is -2.23. The molecular weight excluding hydrogens is 316 g/mol. The Labute approximate surface area is 133 Å². The largest absolute Gasteiger partial charge is 0.352 e. The predicted octanol–water partition coefficient (Wildman–Crippen LogP) is 1.29. The summed E-state index contributed by atoms with van der Waals surface area (Å²) in [5.74, 6) is 0. The number of rotatable bonds is 4. The lowest BCUT2D eigenvalue weighted by molar-refractivity contribution is 0.581. The minimum atomic E-state index is -3.66. The lowest BCUT2D eigenvalue weighted by atomic mass is 10.2. The molecule has 3 N–H and O–H groups in total. The molecule has 0 amide bonds. The van der Waals surface area contributed by atoms with Gasteiger partial charge in [0.05, 0.1) is 15.9 Å². The van der Waals surface area contributed by atoms with Crippen molar-refractivity contribution in [2.24, 2.45) is 7.05 Å². The van der Waals surface area contributed by atoms with Crippen molar-refractivity contribution < 1.29 is 8.42 Å². The summed E-state index contributed by atoms with van der Waals surface area (Å²) in [6.45, 7) is 4.14. The van der Waals surface area contributed by atoms with Gasteiger partial charge in [0, 0.05) is 25.0 Å². The van der Waals surface area contributed by atoms with Crippen molar-refractivity contribution in [1.82, 2.24) is 19.3 Å². The average Bonchev–Trinajstić information content (AvgIpc) is 2.98. The summed E-state index contributed by atoms with van der Waals surface area (Å²) < 4.78 is 29.5. The van der Waals surface area contributed by atoms with Gasteiger partial charge in [-0.1, -0.05) is 0 Å². The molecule has 0 radical (unpaired) electrons. The van der Waals surface area contributed by atoms with Gasteiger partial charge in [-0.3, -0.25) is 0 Å². The molecule has 0 saturated carbocycles. The van der Waals surface area contributed by atoms with Crippen LogP contribution in [0.1, 0.15) is 17.0 Å². The second-order valence-corrected chi connectivity index (χ2v) is 7.33. The number of nitrogens with one attached hydrogen (secondary N) is 3. The number of imidazole rings is 1. The molecule has 0 unspecified atom stereocenters. The Morgan fingerprint density at radius 2 is 1.83 bits per heavy atom. The fraction of sp³-hybridized carbons (Fsp3) is 0.267. The molecule has 0 aliphatic heterocycles. The van der Waals surface area contributed by atoms with E-state index < -0.39 is 10.0 Å². The van der Waals surface area contributed by atoms with Gasteiger partial charge in [0.2, 0.25) is 10.0 Å². The Balaban J connectivity index is 1.87. The summed E-state index contributed by atoms with van der Waals surface area (Å²) >= 11 is 0. The van der Waals surface area contributed by atoms with Crippen molar-refractivity contribution in [2.75, 3.05) is 0 Å². The van der Waals surface area contributed by atoms with Crippen molar-refractivity contribution in [2.45, 2.75) is 25.3 Å². The zero-order chi connectivity index (χ0) is 16.8. The number of sulfonamides is 1. The zero-order valence-corrected chi connectivity index (χ0v) is 13.9. The van der Waals surface area contributed by atoms with Crippen molar-refractivity contribution in [3.05, 3.63) is 51.7 Å². The Morgan fingerprint density at radius 3 is 2.48 bits per heavy atom. The molecule has 1 aromatic carbocycles. The topological polar surface area (TPSA) is 99.8 Å². The maximum Gasteiger partial charge on any atom is 0.323 e. The summed E-state index contributed by atoms with van der Waals surface area (Å²) in [4.78, 5) is 16.5. The Morgan fingerprint density at radius 1 is 1.13 bits per heavy atom. The van der Waals surface area contributed by atoms with Crippen molar-refractivity contribution in [3.63, 3.8) is 0 Å². The van der Waals surface area contributed by atoms with Gasteiger partial charge in [0.15, 0.2) is 0 Å². The fourth-order valence-electron chi connectivity index (χ4n) is 2.55. The molecule has 122 valence electrons. The third-order valence-electron chi connectivity index (χ3n) is 4.13. The molecule has 0 spiro atoms. The van der Waals surface area contributed by atoms with Crippen LogP contribution >= 0.6 is 0 Å². The first-order valence-corrected chi connectivity index (χ1v) is 8.60. The first-order chi connectivity index (χ1) is 10.8. The predicted molar refractivity (Wildman–Crippen MR) is 87.8 cm³/mol. The number of aromatic amines is 2. The molecule has 7 nitrogen and oxygen atoms in total. The molecule has 2 aromatic heterocycles. The highest BCUT2D eigenvalue weighted by Crippen LogP contribution is 2.17. The average molecular weight is 334 g/mol. The number of nitrogens with zero attached hydrogens (tertiary/aromatic N) is 1. The van der Waals surface area contributed by atoms with Crippen LogP contribution in [0.3, 0.4) is 0 Å². The molecule has 0 fully saturated rings. The van der Waals surface area contributed by atoms with E-state index in [1.54, 1.807) is 6.07 Å². The molecule has 0 aliphatic rings. The fourth-order valence-corrected chi connectivity index (χ4v) is 3.58. The molecular formula is C15H18N4O3S. The molecule has 8 heteroatoms. The van der Waals surface area contributed by atoms with Gasteiger partial charge >= 0.3 is 5.69 Å². The third kappa shape index (κ3) is 2.82. The Kier molecular flexibility index (Phi) is 3.65. The van der Waals surface area contributed by atoms with E-state index in [1.165, 1.54) is 12.1 Å². The van der Waals surface area contributed by atoms with E-state index in [1.807, 2.05) is 31.5 Å². The summed E-state index contributed by atoms with van der Waals surface area (Å²) in [5.41, 5.74) is 3.70. The van der Waals surface area contributed by atoms with Crippen molar-refractivity contribution >= 4 is 21.1 Å². The van der Waals surface area contributed by atoms with E-state index in [0.29, 0.717) is 11.0 Å². The van der Waals surface area contributed by atoms with E-state index in [4.69, 9.17) is 0 Å². The third-order valence-corrected chi connectivity index (χ3v) is 5.53. The summed E-state index contributed by atoms with van der Waals surface area (Å²) in [6.07, 6.45) is 0. The van der Waals surface area contributed by atoms with Gasteiger partial charge < -0.3 is 14.5 Å². The van der Waals surface area contributed by atoms with Crippen LogP contribution in [0.4, 0.5) is 0 Å². The van der Waals surface area contributed by atoms with Crippen molar-refractivity contribution in [3.8, 4) is 0 Å². The standard InChI is InChI=1S/C15H18N4O3S/c1-9-6-11(10(2)19(9)3)8-16-23(21,22)12-4-5-13-14(7-12)18-15(20)17-13/h4-7,16H,8H2,1-3H3,(H2,17,18,20). The van der Waals surface area contributed by atoms with Gasteiger partial charge in [-0.15, -0.1) is 0 Å². The molecule has 0 bridgehead atoms. The van der Waals surface area contributed by atoms with Gasteiger partial charge in [-0.25, -0.2) is 17.9 Å². The number of aryl methyl sites for hydroxylation is 1. The molecule has 0 atom stereocenters. The van der Waals surface area contributed by atoms with Crippen LogP contribution in [-0.4, -0.2) is 23.0 Å². The second-order valence-electron chi connectivity index (χ2n) is 5.57. The minimum Gasteiger partial charge on any atom is -0.352 e. The van der Waals surface area contributed by atoms with E-state index in [9.17, 15) is 13.2 Å². The van der Waals surface area contributed by atoms with E-state index >= 15 is 0 Å². The maximum atomic E-state index is 12.4. The summed E-state index contributed by atoms with van der Waals surface area (Å²) in [7, 11) is -1.71. The molecule has 2 heterocycles. The SMILES string of the molecule is Cc1cc(CNS(=O)(=O)c2ccc3[nH]c(=O)[nH]c3c2)c(C)n1C. The zero-order valence-electron chi connectivity index (χ0n) is 13.1. The van der Waals surface area contributed by atoms with E-state index in [0.717, 1.165) is 17.0 Å². The first kappa shape index (κ1) is 15.6. The van der Waals surface area contributed by atoms with Gasteiger partial charge in [-0.05, 0) is 43.7 Å². The quantitative estimate of drug-likeness (QED) is 0.670. The number of H-pyrrole nitrogens is 2. The normalized spacial score (nSPS) is 12.1. The highest BCUT2D eigenvalue weighted by molar-refractivity contribution is 7.89. The maximum absolute atomic E-state index is 12.4. The highest BCUT2D eigenvalue weighted by Gasteiger charge is 2.16. The van der Waals surface area contributed by atoms with Crippen LogP contribution in [0.25, 0.3) is 11.0 Å². The smallest absolute Gasteiger partial charge is 0.323 e. The number of aromatic nitrogens is 3. The Hall–Kier alpha value is -2.32. The van der Waals surface area contributed by atoms with Crippen LogP contribution in [0.15, 0.2) is 34.0 Å². The van der Waals surface area contributed by atoms with Crippen LogP contribution in [-0.2, 0) is 23.6 Å². The summed E-state index contributed by atoms with van der Waals surface area (Å²) in [5, 5.41) is 0. The van der Waals surface area contributed by atoms with Gasteiger partial charge in [0.1, 0.15) is 0 Å². The number of fused-ring (bicyclic) bond motifs is 1. The Bertz CT molecular complexity index is 1040. The van der Waals surface area contributed by atoms with Gasteiger partial charge in [-0.2, -0.15) is 0 Å². The molecule has 3 rings (SSSR count). The summed E-state index contributed by atoms with van der Waals surface area (Å²) in [6, 6.07) is 6.45. The van der Waals surface area contributed by atoms with E-state index in [2.05, 4.69) is 14.7 Å². The van der Waals surface area contributed by atoms with Crippen LogP contribution in [0, 0.1) is 13.8 Å². The first-order valence-electron chi connectivity index (χ1n) is 7.11. The lowest BCUT2D eigenvalue weighted by Gasteiger charge is -2.07. The highest BCUT2D eigenvalue weighted by atomic mass is 32.2. The molecule has 3 aromatic rings. The molecule has 0 saturated heterocycles. The van der Waals surface area contributed by atoms with Crippen molar-refractivity contribution in [1.29, 1.82) is 0 Å². The molecule has 0 aliphatic carbocycles. The number of hydrogen-bond donors (Lipinski definition) is 3. The molecule has 23 heavy (non-hydrogen) atoms. The minimum absolute atomic E-state index is 0.116.